The van der Waals surface area contributed by atoms with Gasteiger partial charge in [0.05, 0.1) is 11.4 Å². The summed E-state index contributed by atoms with van der Waals surface area (Å²) in [6.07, 6.45) is 2.18. The van der Waals surface area contributed by atoms with Gasteiger partial charge in [0.15, 0.2) is 11.5 Å². The van der Waals surface area contributed by atoms with E-state index in [0.717, 1.165) is 22.6 Å². The van der Waals surface area contributed by atoms with E-state index in [4.69, 9.17) is 32.5 Å². The highest BCUT2D eigenvalue weighted by Crippen LogP contribution is 2.35. The zero-order valence-corrected chi connectivity index (χ0v) is 14.5. The molecule has 0 atom stereocenters. The van der Waals surface area contributed by atoms with Crippen molar-refractivity contribution >= 4 is 29.5 Å². The number of allylic oxidation sites excluding steroid dienone is 1. The van der Waals surface area contributed by atoms with Crippen molar-refractivity contribution in [2.45, 2.75) is 6.42 Å². The number of fused-ring (bicyclic) bond motifs is 1. The lowest BCUT2D eigenvalue weighted by Crippen LogP contribution is -2.17. The summed E-state index contributed by atoms with van der Waals surface area (Å²) in [7, 11) is 1.68. The van der Waals surface area contributed by atoms with Gasteiger partial charge in [0, 0.05) is 31.3 Å². The van der Waals surface area contributed by atoms with Gasteiger partial charge < -0.3 is 20.9 Å². The van der Waals surface area contributed by atoms with E-state index in [-0.39, 0.29) is 11.1 Å². The summed E-state index contributed by atoms with van der Waals surface area (Å²) < 4.78 is 11.4. The summed E-state index contributed by atoms with van der Waals surface area (Å²) >= 11 is 5.95. The first-order chi connectivity index (χ1) is 12.1. The fourth-order valence-electron chi connectivity index (χ4n) is 2.58. The van der Waals surface area contributed by atoms with Crippen molar-refractivity contribution < 1.29 is 9.47 Å². The molecule has 0 amide bonds. The van der Waals surface area contributed by atoms with Gasteiger partial charge in [-0.15, -0.1) is 0 Å². The van der Waals surface area contributed by atoms with Crippen LogP contribution < -0.4 is 20.9 Å². The SMILES string of the molecule is CN=C/C(Cc1cccc2c1OCCO2)=C(\N)c1cc(Cl)nc(N)n1. The van der Waals surface area contributed by atoms with Crippen molar-refractivity contribution in [1.29, 1.82) is 0 Å². The van der Waals surface area contributed by atoms with Gasteiger partial charge in [0.2, 0.25) is 5.95 Å². The normalized spacial score (nSPS) is 14.5. The Morgan fingerprint density at radius 3 is 2.88 bits per heavy atom. The number of anilines is 1. The number of nitrogens with zero attached hydrogens (tertiary/aromatic N) is 3. The quantitative estimate of drug-likeness (QED) is 0.639. The van der Waals surface area contributed by atoms with Crippen LogP contribution in [0.1, 0.15) is 11.3 Å². The molecule has 0 saturated heterocycles. The Morgan fingerprint density at radius 2 is 2.12 bits per heavy atom. The van der Waals surface area contributed by atoms with Crippen LogP contribution in [-0.4, -0.2) is 36.4 Å². The predicted molar refractivity (Wildman–Crippen MR) is 98.1 cm³/mol. The van der Waals surface area contributed by atoms with Crippen LogP contribution in [-0.2, 0) is 6.42 Å². The number of hydrogen-bond acceptors (Lipinski definition) is 7. The molecule has 0 spiro atoms. The number of halogens is 1. The minimum atomic E-state index is 0.0621. The van der Waals surface area contributed by atoms with E-state index in [1.807, 2.05) is 18.2 Å². The Bertz CT molecular complexity index is 831. The molecule has 4 N–H and O–H groups in total. The number of ether oxygens (including phenoxy) is 2. The molecule has 2 heterocycles. The van der Waals surface area contributed by atoms with Gasteiger partial charge in [-0.2, -0.15) is 0 Å². The highest BCUT2D eigenvalue weighted by Gasteiger charge is 2.17. The van der Waals surface area contributed by atoms with Crippen LogP contribution in [0.5, 0.6) is 11.5 Å². The lowest BCUT2D eigenvalue weighted by Gasteiger charge is -2.21. The third-order valence-electron chi connectivity index (χ3n) is 3.65. The number of nitrogen functional groups attached to an aromatic ring is 1. The molecule has 1 aromatic heterocycles. The van der Waals surface area contributed by atoms with Gasteiger partial charge in [-0.3, -0.25) is 4.99 Å². The lowest BCUT2D eigenvalue weighted by atomic mass is 10.0. The number of rotatable bonds is 4. The molecule has 130 valence electrons. The van der Waals surface area contributed by atoms with Crippen LogP contribution in [0.4, 0.5) is 5.95 Å². The zero-order valence-electron chi connectivity index (χ0n) is 13.7. The van der Waals surface area contributed by atoms with Gasteiger partial charge in [-0.05, 0) is 11.6 Å². The smallest absolute Gasteiger partial charge is 0.222 e. The summed E-state index contributed by atoms with van der Waals surface area (Å²) in [5.74, 6) is 1.51. The van der Waals surface area contributed by atoms with Crippen molar-refractivity contribution in [3.63, 3.8) is 0 Å². The van der Waals surface area contributed by atoms with Crippen molar-refractivity contribution in [3.05, 3.63) is 46.2 Å². The summed E-state index contributed by atoms with van der Waals surface area (Å²) in [5, 5.41) is 0.229. The first-order valence-electron chi connectivity index (χ1n) is 7.67. The molecule has 25 heavy (non-hydrogen) atoms. The Balaban J connectivity index is 2.02. The number of benzene rings is 1. The van der Waals surface area contributed by atoms with E-state index in [2.05, 4.69) is 15.0 Å². The van der Waals surface area contributed by atoms with Crippen LogP contribution in [0.25, 0.3) is 5.70 Å². The number of aromatic nitrogens is 2. The van der Waals surface area contributed by atoms with Crippen LogP contribution in [0.3, 0.4) is 0 Å². The number of hydrogen-bond donors (Lipinski definition) is 2. The average Bonchev–Trinajstić information content (AvgIpc) is 2.60. The molecular formula is C17H18ClN5O2. The minimum Gasteiger partial charge on any atom is -0.486 e. The molecule has 0 unspecified atom stereocenters. The van der Waals surface area contributed by atoms with Crippen molar-refractivity contribution in [2.24, 2.45) is 10.7 Å². The third-order valence-corrected chi connectivity index (χ3v) is 3.84. The molecule has 1 aliphatic rings. The highest BCUT2D eigenvalue weighted by molar-refractivity contribution is 6.29. The van der Waals surface area contributed by atoms with Crippen LogP contribution in [0.2, 0.25) is 5.15 Å². The number of nitrogens with two attached hydrogens (primary N) is 2. The molecular weight excluding hydrogens is 342 g/mol. The molecule has 0 bridgehead atoms. The monoisotopic (exact) mass is 359 g/mol. The summed E-state index contributed by atoms with van der Waals surface area (Å²) in [6.45, 7) is 1.05. The molecule has 0 saturated carbocycles. The highest BCUT2D eigenvalue weighted by atomic mass is 35.5. The van der Waals surface area contributed by atoms with E-state index in [9.17, 15) is 0 Å². The van der Waals surface area contributed by atoms with E-state index in [1.165, 1.54) is 0 Å². The molecule has 0 radical (unpaired) electrons. The number of aliphatic imine (C=N–C) groups is 1. The van der Waals surface area contributed by atoms with E-state index >= 15 is 0 Å². The van der Waals surface area contributed by atoms with E-state index in [0.29, 0.717) is 31.0 Å². The summed E-state index contributed by atoms with van der Waals surface area (Å²) in [5.41, 5.74) is 14.5. The fraction of sp³-hybridized carbons (Fsp3) is 0.235. The molecule has 0 aliphatic carbocycles. The second kappa shape index (κ2) is 7.40. The molecule has 8 heteroatoms. The second-order valence-electron chi connectivity index (χ2n) is 5.38. The van der Waals surface area contributed by atoms with Gasteiger partial charge in [0.25, 0.3) is 0 Å². The van der Waals surface area contributed by atoms with Gasteiger partial charge >= 0.3 is 0 Å². The Morgan fingerprint density at radius 1 is 1.32 bits per heavy atom. The molecule has 7 nitrogen and oxygen atoms in total. The maximum Gasteiger partial charge on any atom is 0.222 e. The Kier molecular flexibility index (Phi) is 5.04. The Labute approximate surface area is 150 Å². The third kappa shape index (κ3) is 3.83. The number of para-hydroxylation sites is 1. The summed E-state index contributed by atoms with van der Waals surface area (Å²) in [6, 6.07) is 7.32. The molecule has 1 aliphatic heterocycles. The van der Waals surface area contributed by atoms with Crippen molar-refractivity contribution in [2.75, 3.05) is 26.0 Å². The maximum absolute atomic E-state index is 6.30. The van der Waals surface area contributed by atoms with E-state index in [1.54, 1.807) is 19.3 Å². The van der Waals surface area contributed by atoms with Crippen molar-refractivity contribution in [3.8, 4) is 11.5 Å². The van der Waals surface area contributed by atoms with Gasteiger partial charge in [-0.1, -0.05) is 23.7 Å². The van der Waals surface area contributed by atoms with Gasteiger partial charge in [0.1, 0.15) is 18.4 Å². The topological polar surface area (TPSA) is 109 Å². The standard InChI is InChI=1S/C17H18ClN5O2/c1-21-9-11(15(19)12-8-14(18)23-17(20)22-12)7-10-3-2-4-13-16(10)25-6-5-24-13/h2-4,8-9H,5-7,19H2,1H3,(H2,20,22,23)/b15-11-,21-9?. The maximum atomic E-state index is 6.30. The van der Waals surface area contributed by atoms with Crippen LogP contribution >= 0.6 is 11.6 Å². The molecule has 2 aromatic rings. The molecule has 3 rings (SSSR count). The predicted octanol–water partition coefficient (Wildman–Crippen LogP) is 2.10. The second-order valence-corrected chi connectivity index (χ2v) is 5.77. The van der Waals surface area contributed by atoms with Crippen molar-refractivity contribution in [1.82, 2.24) is 9.97 Å². The Hall–Kier alpha value is -2.80. The molecule has 0 fully saturated rings. The molecule has 1 aromatic carbocycles. The fourth-order valence-corrected chi connectivity index (χ4v) is 2.77. The average molecular weight is 360 g/mol. The van der Waals surface area contributed by atoms with Crippen LogP contribution in [0.15, 0.2) is 34.8 Å². The zero-order chi connectivity index (χ0) is 17.8. The van der Waals surface area contributed by atoms with E-state index < -0.39 is 0 Å². The first kappa shape index (κ1) is 17.0. The summed E-state index contributed by atoms with van der Waals surface area (Å²) in [4.78, 5) is 12.1. The minimum absolute atomic E-state index is 0.0621. The first-order valence-corrected chi connectivity index (χ1v) is 8.05. The largest absolute Gasteiger partial charge is 0.486 e. The lowest BCUT2D eigenvalue weighted by molar-refractivity contribution is 0.170. The van der Waals surface area contributed by atoms with Crippen LogP contribution in [0, 0.1) is 0 Å². The van der Waals surface area contributed by atoms with Gasteiger partial charge in [-0.25, -0.2) is 9.97 Å².